The second kappa shape index (κ2) is 7.00. The highest BCUT2D eigenvalue weighted by molar-refractivity contribution is 7.90. The van der Waals surface area contributed by atoms with E-state index in [2.05, 4.69) is 5.32 Å². The number of nitrogens with one attached hydrogen (secondary N) is 1. The van der Waals surface area contributed by atoms with Crippen molar-refractivity contribution in [1.82, 2.24) is 5.32 Å². The van der Waals surface area contributed by atoms with Crippen LogP contribution in [0.2, 0.25) is 0 Å². The van der Waals surface area contributed by atoms with E-state index in [1.54, 1.807) is 12.1 Å². The zero-order valence-electron chi connectivity index (χ0n) is 12.8. The molecule has 118 valence electrons. The lowest BCUT2D eigenvalue weighted by Crippen LogP contribution is -2.35. The number of benzene rings is 1. The fraction of sp³-hybridized carbons (Fsp3) is 0.571. The predicted molar refractivity (Wildman–Crippen MR) is 82.2 cm³/mol. The first-order valence-electron chi connectivity index (χ1n) is 6.88. The van der Waals surface area contributed by atoms with Gasteiger partial charge in [0.05, 0.1) is 4.92 Å². The maximum Gasteiger partial charge on any atom is 0.291 e. The Morgan fingerprint density at radius 2 is 1.95 bits per heavy atom. The van der Waals surface area contributed by atoms with E-state index in [4.69, 9.17) is 0 Å². The molecule has 0 fully saturated rings. The molecule has 6 nitrogen and oxygen atoms in total. The Morgan fingerprint density at radius 3 is 2.38 bits per heavy atom. The summed E-state index contributed by atoms with van der Waals surface area (Å²) in [7, 11) is -3.63. The molecule has 0 radical (unpaired) electrons. The van der Waals surface area contributed by atoms with Crippen LogP contribution >= 0.6 is 0 Å². The predicted octanol–water partition coefficient (Wildman–Crippen LogP) is 2.17. The molecule has 0 aliphatic heterocycles. The first-order valence-corrected chi connectivity index (χ1v) is 8.77. The molecule has 0 aliphatic rings. The summed E-state index contributed by atoms with van der Waals surface area (Å²) in [6.07, 6.45) is 1.41. The van der Waals surface area contributed by atoms with Crippen molar-refractivity contribution in [3.05, 3.63) is 33.9 Å². The van der Waals surface area contributed by atoms with Gasteiger partial charge in [-0.25, -0.2) is 8.42 Å². The van der Waals surface area contributed by atoms with Crippen LogP contribution in [0, 0.1) is 16.0 Å². The van der Waals surface area contributed by atoms with Gasteiger partial charge >= 0.3 is 0 Å². The Bertz CT molecular complexity index is 611. The highest BCUT2D eigenvalue weighted by atomic mass is 32.2. The van der Waals surface area contributed by atoms with E-state index in [0.717, 1.165) is 12.8 Å². The first-order chi connectivity index (χ1) is 9.68. The van der Waals surface area contributed by atoms with Gasteiger partial charge in [0.2, 0.25) is 0 Å². The van der Waals surface area contributed by atoms with Crippen LogP contribution < -0.4 is 5.32 Å². The normalized spacial score (nSPS) is 13.4. The highest BCUT2D eigenvalue weighted by Crippen LogP contribution is 2.29. The smallest absolute Gasteiger partial charge is 0.291 e. The van der Waals surface area contributed by atoms with Gasteiger partial charge in [-0.2, -0.15) is 0 Å². The molecule has 0 bridgehead atoms. The molecule has 1 aromatic carbocycles. The molecule has 0 aliphatic carbocycles. The monoisotopic (exact) mass is 314 g/mol. The summed E-state index contributed by atoms with van der Waals surface area (Å²) in [5.41, 5.74) is 0.145. The maximum absolute atomic E-state index is 11.7. The van der Waals surface area contributed by atoms with Crippen LogP contribution in [-0.2, 0) is 16.3 Å². The molecule has 0 spiro atoms. The standard InChI is InChI=1S/C14H22N2O4S/c1-5-15-12(10(2)3)9-11-7-6-8-13(21(4,19)20)14(11)16(17)18/h6-8,10,12,15H,5,9H2,1-4H3. The highest BCUT2D eigenvalue weighted by Gasteiger charge is 2.27. The summed E-state index contributed by atoms with van der Waals surface area (Å²) in [4.78, 5) is 10.5. The van der Waals surface area contributed by atoms with Crippen molar-refractivity contribution in [2.45, 2.75) is 38.1 Å². The van der Waals surface area contributed by atoms with Crippen molar-refractivity contribution in [3.8, 4) is 0 Å². The number of hydrogen-bond donors (Lipinski definition) is 1. The Labute approximate surface area is 125 Å². The van der Waals surface area contributed by atoms with Gasteiger partial charge in [-0.05, 0) is 24.9 Å². The van der Waals surface area contributed by atoms with Crippen LogP contribution in [0.4, 0.5) is 5.69 Å². The van der Waals surface area contributed by atoms with Crippen LogP contribution in [0.25, 0.3) is 0 Å². The van der Waals surface area contributed by atoms with Crippen LogP contribution in [0.5, 0.6) is 0 Å². The minimum absolute atomic E-state index is 0.0588. The third kappa shape index (κ3) is 4.50. The fourth-order valence-electron chi connectivity index (χ4n) is 2.28. The molecule has 1 aromatic rings. The third-order valence-corrected chi connectivity index (χ3v) is 4.50. The lowest BCUT2D eigenvalue weighted by atomic mass is 9.95. The molecule has 1 rings (SSSR count). The van der Waals surface area contributed by atoms with Gasteiger partial charge in [0.25, 0.3) is 5.69 Å². The van der Waals surface area contributed by atoms with Crippen LogP contribution in [0.1, 0.15) is 26.3 Å². The van der Waals surface area contributed by atoms with E-state index < -0.39 is 14.8 Å². The van der Waals surface area contributed by atoms with E-state index in [-0.39, 0.29) is 22.5 Å². The number of sulfone groups is 1. The SMILES string of the molecule is CCNC(Cc1cccc(S(C)(=O)=O)c1[N+](=O)[O-])C(C)C. The number of nitrogens with zero attached hydrogens (tertiary/aromatic N) is 1. The number of nitro benzene ring substituents is 1. The minimum atomic E-state index is -3.63. The second-order valence-electron chi connectivity index (χ2n) is 5.41. The third-order valence-electron chi connectivity index (χ3n) is 3.38. The maximum atomic E-state index is 11.7. The number of nitro groups is 1. The second-order valence-corrected chi connectivity index (χ2v) is 7.39. The van der Waals surface area contributed by atoms with Crippen molar-refractivity contribution in [2.24, 2.45) is 5.92 Å². The molecule has 0 aromatic heterocycles. The van der Waals surface area contributed by atoms with Crippen LogP contribution in [0.3, 0.4) is 0 Å². The van der Waals surface area contributed by atoms with Crippen molar-refractivity contribution < 1.29 is 13.3 Å². The lowest BCUT2D eigenvalue weighted by molar-refractivity contribution is -0.388. The molecular formula is C14H22N2O4S. The van der Waals surface area contributed by atoms with E-state index in [9.17, 15) is 18.5 Å². The number of para-hydroxylation sites is 1. The van der Waals surface area contributed by atoms with E-state index in [0.29, 0.717) is 12.0 Å². The zero-order chi connectivity index (χ0) is 16.2. The van der Waals surface area contributed by atoms with Crippen LogP contribution in [0.15, 0.2) is 23.1 Å². The molecular weight excluding hydrogens is 292 g/mol. The van der Waals surface area contributed by atoms with Gasteiger partial charge in [0.15, 0.2) is 9.84 Å². The van der Waals surface area contributed by atoms with E-state index >= 15 is 0 Å². The van der Waals surface area contributed by atoms with Gasteiger partial charge in [-0.3, -0.25) is 10.1 Å². The summed E-state index contributed by atoms with van der Waals surface area (Å²) in [6.45, 7) is 6.78. The van der Waals surface area contributed by atoms with Crippen molar-refractivity contribution in [1.29, 1.82) is 0 Å². The quantitative estimate of drug-likeness (QED) is 0.615. The molecule has 0 heterocycles. The summed E-state index contributed by atoms with van der Waals surface area (Å²) < 4.78 is 23.5. The van der Waals surface area contributed by atoms with Crippen molar-refractivity contribution >= 4 is 15.5 Å². The summed E-state index contributed by atoms with van der Waals surface area (Å²) >= 11 is 0. The largest absolute Gasteiger partial charge is 0.314 e. The average Bonchev–Trinajstić information content (AvgIpc) is 2.36. The van der Waals surface area contributed by atoms with Gasteiger partial charge < -0.3 is 5.32 Å². The average molecular weight is 314 g/mol. The van der Waals surface area contributed by atoms with Gasteiger partial charge in [-0.15, -0.1) is 0 Å². The molecule has 0 amide bonds. The van der Waals surface area contributed by atoms with E-state index in [1.807, 2.05) is 20.8 Å². The minimum Gasteiger partial charge on any atom is -0.314 e. The molecule has 7 heteroatoms. The summed E-state index contributed by atoms with van der Waals surface area (Å²) in [5.74, 6) is 0.284. The fourth-order valence-corrected chi connectivity index (χ4v) is 3.16. The Balaban J connectivity index is 3.33. The molecule has 0 saturated carbocycles. The lowest BCUT2D eigenvalue weighted by Gasteiger charge is -2.22. The van der Waals surface area contributed by atoms with Crippen LogP contribution in [-0.4, -0.2) is 32.2 Å². The van der Waals surface area contributed by atoms with Crippen molar-refractivity contribution in [2.75, 3.05) is 12.8 Å². The van der Waals surface area contributed by atoms with Gasteiger partial charge in [0.1, 0.15) is 4.90 Å². The first kappa shape index (κ1) is 17.6. The number of likely N-dealkylation sites (N-methyl/N-ethyl adjacent to an activating group) is 1. The topological polar surface area (TPSA) is 89.3 Å². The molecule has 1 atom stereocenters. The van der Waals surface area contributed by atoms with Gasteiger partial charge in [0, 0.05) is 17.9 Å². The number of hydrogen-bond acceptors (Lipinski definition) is 5. The van der Waals surface area contributed by atoms with E-state index in [1.165, 1.54) is 6.07 Å². The molecule has 0 saturated heterocycles. The molecule has 21 heavy (non-hydrogen) atoms. The summed E-state index contributed by atoms with van der Waals surface area (Å²) in [5, 5.41) is 14.6. The zero-order valence-corrected chi connectivity index (χ0v) is 13.6. The number of rotatable bonds is 7. The Hall–Kier alpha value is -1.47. The summed E-state index contributed by atoms with van der Waals surface area (Å²) in [6, 6.07) is 4.53. The Kier molecular flexibility index (Phi) is 5.86. The Morgan fingerprint density at radius 1 is 1.33 bits per heavy atom. The van der Waals surface area contributed by atoms with Gasteiger partial charge in [-0.1, -0.05) is 32.9 Å². The molecule has 1 unspecified atom stereocenters. The van der Waals surface area contributed by atoms with Crippen molar-refractivity contribution in [3.63, 3.8) is 0 Å². The molecule has 1 N–H and O–H groups in total.